The van der Waals surface area contributed by atoms with Crippen molar-refractivity contribution in [2.75, 3.05) is 11.4 Å². The van der Waals surface area contributed by atoms with Crippen LogP contribution in [0.4, 0.5) is 19.1 Å². The third kappa shape index (κ3) is 1.98. The Bertz CT molecular complexity index is 373. The molecule has 2 heterocycles. The zero-order valence-corrected chi connectivity index (χ0v) is 9.07. The topological polar surface area (TPSA) is 34.0 Å². The fourth-order valence-electron chi connectivity index (χ4n) is 2.01. The number of alkyl halides is 3. The van der Waals surface area contributed by atoms with Gasteiger partial charge in [0.15, 0.2) is 0 Å². The predicted molar refractivity (Wildman–Crippen MR) is 52.0 cm³/mol. The first-order valence-electron chi connectivity index (χ1n) is 5.07. The lowest BCUT2D eigenvalue weighted by atomic mass is 10.1. The van der Waals surface area contributed by atoms with Crippen molar-refractivity contribution in [3.8, 4) is 0 Å². The second-order valence-electron chi connectivity index (χ2n) is 4.19. The molecule has 7 heteroatoms. The second kappa shape index (κ2) is 3.64. The van der Waals surface area contributed by atoms with Gasteiger partial charge in [0.25, 0.3) is 0 Å². The van der Waals surface area contributed by atoms with Gasteiger partial charge in [-0.05, 0) is 13.3 Å². The highest BCUT2D eigenvalue weighted by Gasteiger charge is 2.46. The van der Waals surface area contributed by atoms with E-state index in [4.69, 9.17) is 0 Å². The summed E-state index contributed by atoms with van der Waals surface area (Å²) in [5, 5.41) is 4.02. The Morgan fingerprint density at radius 2 is 2.12 bits per heavy atom. The van der Waals surface area contributed by atoms with Crippen LogP contribution in [0, 0.1) is 5.92 Å². The molecule has 0 amide bonds. The molecular formula is C9H13F3N4. The molecule has 0 N–H and O–H groups in total. The van der Waals surface area contributed by atoms with Crippen LogP contribution in [-0.4, -0.2) is 33.5 Å². The highest BCUT2D eigenvalue weighted by Crippen LogP contribution is 2.37. The molecular weight excluding hydrogens is 221 g/mol. The van der Waals surface area contributed by atoms with Crippen molar-refractivity contribution in [1.82, 2.24) is 14.8 Å². The number of aryl methyl sites for hydroxylation is 1. The van der Waals surface area contributed by atoms with E-state index in [-0.39, 0.29) is 19.0 Å². The van der Waals surface area contributed by atoms with E-state index in [0.29, 0.717) is 5.95 Å². The number of halogens is 3. The number of anilines is 1. The minimum absolute atomic E-state index is 0.0469. The van der Waals surface area contributed by atoms with E-state index in [9.17, 15) is 13.2 Å². The molecule has 0 radical (unpaired) electrons. The van der Waals surface area contributed by atoms with Gasteiger partial charge in [-0.15, -0.1) is 5.10 Å². The second-order valence-corrected chi connectivity index (χ2v) is 4.19. The molecule has 0 bridgehead atoms. The highest BCUT2D eigenvalue weighted by atomic mass is 19.4. The summed E-state index contributed by atoms with van der Waals surface area (Å²) < 4.78 is 39.2. The summed E-state index contributed by atoms with van der Waals surface area (Å²) >= 11 is 0. The van der Waals surface area contributed by atoms with E-state index >= 15 is 0 Å². The standard InChI is InChI=1S/C9H13F3N4/c1-6-3-7(9(10,11)12)4-16(6)8-13-5-15(2)14-8/h5-7H,3-4H2,1-2H3. The van der Waals surface area contributed by atoms with Crippen molar-refractivity contribution in [2.24, 2.45) is 13.0 Å². The molecule has 0 aliphatic carbocycles. The lowest BCUT2D eigenvalue weighted by Crippen LogP contribution is -2.30. The third-order valence-corrected chi connectivity index (χ3v) is 2.88. The SMILES string of the molecule is CC1CC(C(F)(F)F)CN1c1ncn(C)n1. The van der Waals surface area contributed by atoms with Crippen LogP contribution in [0.3, 0.4) is 0 Å². The zero-order valence-electron chi connectivity index (χ0n) is 9.07. The number of aromatic nitrogens is 3. The average Bonchev–Trinajstić information content (AvgIpc) is 2.70. The van der Waals surface area contributed by atoms with Crippen molar-refractivity contribution in [1.29, 1.82) is 0 Å². The maximum atomic E-state index is 12.6. The summed E-state index contributed by atoms with van der Waals surface area (Å²) in [4.78, 5) is 5.58. The van der Waals surface area contributed by atoms with Crippen molar-refractivity contribution in [3.05, 3.63) is 6.33 Å². The van der Waals surface area contributed by atoms with Crippen LogP contribution in [-0.2, 0) is 7.05 Å². The van der Waals surface area contributed by atoms with E-state index in [0.717, 1.165) is 0 Å². The number of nitrogens with zero attached hydrogens (tertiary/aromatic N) is 4. The highest BCUT2D eigenvalue weighted by molar-refractivity contribution is 5.32. The van der Waals surface area contributed by atoms with E-state index < -0.39 is 12.1 Å². The normalized spacial score (nSPS) is 26.4. The maximum Gasteiger partial charge on any atom is 0.393 e. The van der Waals surface area contributed by atoms with E-state index in [1.54, 1.807) is 18.9 Å². The first kappa shape index (κ1) is 11.2. The Morgan fingerprint density at radius 1 is 1.44 bits per heavy atom. The van der Waals surface area contributed by atoms with Crippen LogP contribution in [0.2, 0.25) is 0 Å². The maximum absolute atomic E-state index is 12.6. The largest absolute Gasteiger partial charge is 0.393 e. The lowest BCUT2D eigenvalue weighted by molar-refractivity contribution is -0.168. The van der Waals surface area contributed by atoms with Gasteiger partial charge in [-0.2, -0.15) is 13.2 Å². The molecule has 0 spiro atoms. The van der Waals surface area contributed by atoms with Gasteiger partial charge in [-0.1, -0.05) is 0 Å². The molecule has 0 aromatic carbocycles. The Labute approximate surface area is 91.1 Å². The number of hydrogen-bond acceptors (Lipinski definition) is 3. The van der Waals surface area contributed by atoms with Gasteiger partial charge >= 0.3 is 6.18 Å². The Kier molecular flexibility index (Phi) is 2.55. The van der Waals surface area contributed by atoms with Crippen molar-refractivity contribution in [2.45, 2.75) is 25.6 Å². The van der Waals surface area contributed by atoms with Gasteiger partial charge < -0.3 is 4.90 Å². The van der Waals surface area contributed by atoms with Gasteiger partial charge in [0, 0.05) is 19.6 Å². The van der Waals surface area contributed by atoms with Crippen molar-refractivity contribution in [3.63, 3.8) is 0 Å². The van der Waals surface area contributed by atoms with Gasteiger partial charge in [-0.3, -0.25) is 4.68 Å². The van der Waals surface area contributed by atoms with Gasteiger partial charge in [0.2, 0.25) is 5.95 Å². The lowest BCUT2D eigenvalue weighted by Gasteiger charge is -2.19. The molecule has 2 atom stereocenters. The van der Waals surface area contributed by atoms with E-state index in [1.807, 2.05) is 0 Å². The molecule has 1 aliphatic heterocycles. The van der Waals surface area contributed by atoms with E-state index in [2.05, 4.69) is 10.1 Å². The molecule has 90 valence electrons. The third-order valence-electron chi connectivity index (χ3n) is 2.88. The molecule has 1 fully saturated rings. The summed E-state index contributed by atoms with van der Waals surface area (Å²) in [5.74, 6) is -0.895. The fraction of sp³-hybridized carbons (Fsp3) is 0.778. The van der Waals surface area contributed by atoms with Gasteiger partial charge in [0.1, 0.15) is 6.33 Å². The van der Waals surface area contributed by atoms with Gasteiger partial charge in [-0.25, -0.2) is 4.98 Å². The summed E-state index contributed by atoms with van der Waals surface area (Å²) in [6, 6.07) is -0.172. The first-order valence-corrected chi connectivity index (χ1v) is 5.07. The predicted octanol–water partition coefficient (Wildman–Crippen LogP) is 1.59. The summed E-state index contributed by atoms with van der Waals surface area (Å²) in [6.45, 7) is 1.72. The van der Waals surface area contributed by atoms with Crippen LogP contribution >= 0.6 is 0 Å². The van der Waals surface area contributed by atoms with Crippen LogP contribution < -0.4 is 4.90 Å². The van der Waals surface area contributed by atoms with Gasteiger partial charge in [0.05, 0.1) is 5.92 Å². The van der Waals surface area contributed by atoms with Crippen molar-refractivity contribution < 1.29 is 13.2 Å². The quantitative estimate of drug-likeness (QED) is 0.740. The average molecular weight is 234 g/mol. The van der Waals surface area contributed by atoms with E-state index in [1.165, 1.54) is 11.0 Å². The Hall–Kier alpha value is -1.27. The summed E-state index contributed by atoms with van der Waals surface area (Å²) in [7, 11) is 1.69. The number of rotatable bonds is 1. The van der Waals surface area contributed by atoms with Crippen LogP contribution in [0.15, 0.2) is 6.33 Å². The monoisotopic (exact) mass is 234 g/mol. The molecule has 2 rings (SSSR count). The Balaban J connectivity index is 2.14. The smallest absolute Gasteiger partial charge is 0.336 e. The number of hydrogen-bond donors (Lipinski definition) is 0. The molecule has 0 saturated carbocycles. The molecule has 16 heavy (non-hydrogen) atoms. The Morgan fingerprint density at radius 3 is 2.56 bits per heavy atom. The molecule has 2 unspecified atom stereocenters. The minimum atomic E-state index is -4.13. The molecule has 1 aliphatic rings. The molecule has 1 saturated heterocycles. The van der Waals surface area contributed by atoms with Crippen LogP contribution in [0.25, 0.3) is 0 Å². The first-order chi connectivity index (χ1) is 7.38. The van der Waals surface area contributed by atoms with Crippen LogP contribution in [0.1, 0.15) is 13.3 Å². The van der Waals surface area contributed by atoms with Crippen molar-refractivity contribution >= 4 is 5.95 Å². The molecule has 1 aromatic heterocycles. The summed E-state index contributed by atoms with van der Waals surface area (Å²) in [5.41, 5.74) is 0. The molecule has 4 nitrogen and oxygen atoms in total. The molecule has 1 aromatic rings. The zero-order chi connectivity index (χ0) is 11.9. The fourth-order valence-corrected chi connectivity index (χ4v) is 2.01. The minimum Gasteiger partial charge on any atom is -0.336 e. The van der Waals surface area contributed by atoms with Crippen LogP contribution in [0.5, 0.6) is 0 Å². The summed E-state index contributed by atoms with van der Waals surface area (Å²) in [6.07, 6.45) is -2.53.